The summed E-state index contributed by atoms with van der Waals surface area (Å²) >= 11 is 6.22. The third kappa shape index (κ3) is 7.08. The number of rotatable bonds is 10. The highest BCUT2D eigenvalue weighted by Gasteiger charge is 2.29. The van der Waals surface area contributed by atoms with Crippen molar-refractivity contribution in [1.29, 1.82) is 0 Å². The van der Waals surface area contributed by atoms with Crippen LogP contribution in [0.2, 0.25) is 5.02 Å². The predicted molar refractivity (Wildman–Crippen MR) is 175 cm³/mol. The molecule has 220 valence electrons. The molecule has 2 N–H and O–H groups in total. The number of fused-ring (bicyclic) bond motifs is 1. The van der Waals surface area contributed by atoms with Crippen LogP contribution >= 0.6 is 11.6 Å². The zero-order chi connectivity index (χ0) is 30.5. The number of likely N-dealkylation sites (N-methyl/N-ethyl adjacent to an activating group) is 1. The van der Waals surface area contributed by atoms with Crippen LogP contribution in [-0.4, -0.2) is 43.4 Å². The molecule has 1 unspecified atom stereocenters. The van der Waals surface area contributed by atoms with Crippen LogP contribution in [0.4, 0.5) is 17.1 Å². The number of amides is 2. The molecular formula is C35H35ClN4O3. The molecule has 8 heteroatoms. The minimum atomic E-state index is -0.221. The Labute approximate surface area is 257 Å². The number of benzene rings is 4. The number of carbonyl (C=O) groups is 2. The third-order valence-corrected chi connectivity index (χ3v) is 7.76. The smallest absolute Gasteiger partial charge is 0.258 e. The van der Waals surface area contributed by atoms with Gasteiger partial charge in [-0.2, -0.15) is 0 Å². The first-order valence-electron chi connectivity index (χ1n) is 14.1. The molecule has 7 nitrogen and oxygen atoms in total. The first-order chi connectivity index (χ1) is 20.7. The summed E-state index contributed by atoms with van der Waals surface area (Å²) in [5.74, 6) is 0.478. The molecule has 0 aliphatic carbocycles. The van der Waals surface area contributed by atoms with E-state index in [1.807, 2.05) is 99.0 Å². The lowest BCUT2D eigenvalue weighted by atomic mass is 10.00. The maximum atomic E-state index is 13.3. The maximum Gasteiger partial charge on any atom is 0.258 e. The van der Waals surface area contributed by atoms with Gasteiger partial charge in [-0.1, -0.05) is 48.0 Å². The van der Waals surface area contributed by atoms with Crippen molar-refractivity contribution in [2.24, 2.45) is 0 Å². The van der Waals surface area contributed by atoms with Crippen LogP contribution in [0.15, 0.2) is 97.1 Å². The Hall–Kier alpha value is -4.59. The summed E-state index contributed by atoms with van der Waals surface area (Å²) in [5, 5.41) is 6.98. The van der Waals surface area contributed by atoms with E-state index in [2.05, 4.69) is 22.5 Å². The lowest BCUT2D eigenvalue weighted by molar-refractivity contribution is -0.116. The predicted octanol–water partition coefficient (Wildman–Crippen LogP) is 7.15. The summed E-state index contributed by atoms with van der Waals surface area (Å²) in [6.45, 7) is 4.69. The fourth-order valence-corrected chi connectivity index (χ4v) is 5.02. The fraction of sp³-hybridized carbons (Fsp3) is 0.200. The van der Waals surface area contributed by atoms with E-state index in [4.69, 9.17) is 16.3 Å². The number of nitrogens with one attached hydrogen (secondary N) is 2. The quantitative estimate of drug-likeness (QED) is 0.191. The number of hydrogen-bond acceptors (Lipinski definition) is 5. The number of hydrogen-bond donors (Lipinski definition) is 2. The molecule has 0 saturated heterocycles. The van der Waals surface area contributed by atoms with Crippen molar-refractivity contribution >= 4 is 51.7 Å². The van der Waals surface area contributed by atoms with Crippen LogP contribution in [0.1, 0.15) is 30.5 Å². The molecular weight excluding hydrogens is 560 g/mol. The molecule has 1 atom stereocenters. The van der Waals surface area contributed by atoms with Crippen molar-refractivity contribution in [3.05, 3.63) is 119 Å². The summed E-state index contributed by atoms with van der Waals surface area (Å²) in [5.41, 5.74) is 6.06. The second kappa shape index (κ2) is 13.2. The molecule has 2 amide bonds. The largest absolute Gasteiger partial charge is 0.489 e. The highest BCUT2D eigenvalue weighted by atomic mass is 35.5. The van der Waals surface area contributed by atoms with Gasteiger partial charge in [-0.05, 0) is 92.8 Å². The topological polar surface area (TPSA) is 73.9 Å². The molecule has 0 aromatic heterocycles. The number of nitrogens with zero attached hydrogens (tertiary/aromatic N) is 2. The molecule has 1 heterocycles. The van der Waals surface area contributed by atoms with Gasteiger partial charge in [0.2, 0.25) is 5.91 Å². The van der Waals surface area contributed by atoms with Gasteiger partial charge in [0.05, 0.1) is 17.0 Å². The Morgan fingerprint density at radius 1 is 0.953 bits per heavy atom. The van der Waals surface area contributed by atoms with E-state index in [0.717, 1.165) is 33.8 Å². The van der Waals surface area contributed by atoms with E-state index < -0.39 is 0 Å². The zero-order valence-corrected chi connectivity index (χ0v) is 25.5. The summed E-state index contributed by atoms with van der Waals surface area (Å²) in [4.78, 5) is 29.7. The highest BCUT2D eigenvalue weighted by Crippen LogP contribution is 2.39. The van der Waals surface area contributed by atoms with Gasteiger partial charge in [-0.15, -0.1) is 0 Å². The molecule has 0 fully saturated rings. The number of ether oxygens (including phenoxy) is 1. The summed E-state index contributed by atoms with van der Waals surface area (Å²) < 4.78 is 5.99. The summed E-state index contributed by atoms with van der Waals surface area (Å²) in [7, 11) is 4.00. The van der Waals surface area contributed by atoms with Crippen molar-refractivity contribution in [2.45, 2.75) is 26.5 Å². The van der Waals surface area contributed by atoms with E-state index in [9.17, 15) is 9.59 Å². The molecule has 0 spiro atoms. The van der Waals surface area contributed by atoms with Crippen LogP contribution in [-0.2, 0) is 16.2 Å². The maximum absolute atomic E-state index is 13.3. The standard InChI is InChI=1S/C35H35ClN4O3/c1-23(39(3)4)21-40(24(2)41)29-15-13-28(14-16-29)37-34(33-31-19-12-27(36)20-32(31)38-35(33)42)26-10-17-30(18-11-26)43-22-25-8-6-5-7-9-25/h5-20,23,37H,21-22H2,1-4H3,(H,38,42)/b34-33-. The average Bonchev–Trinajstić information content (AvgIpc) is 3.32. The minimum Gasteiger partial charge on any atom is -0.489 e. The highest BCUT2D eigenvalue weighted by molar-refractivity contribution is 6.38. The summed E-state index contributed by atoms with van der Waals surface area (Å²) in [6, 6.07) is 30.9. The Morgan fingerprint density at radius 3 is 2.30 bits per heavy atom. The lowest BCUT2D eigenvalue weighted by Gasteiger charge is -2.28. The van der Waals surface area contributed by atoms with Gasteiger partial charge in [-0.3, -0.25) is 9.59 Å². The number of halogens is 1. The molecule has 4 aromatic carbocycles. The second-order valence-electron chi connectivity index (χ2n) is 10.8. The number of carbonyl (C=O) groups excluding carboxylic acids is 2. The van der Waals surface area contributed by atoms with E-state index in [-0.39, 0.29) is 17.9 Å². The monoisotopic (exact) mass is 594 g/mol. The first kappa shape index (κ1) is 29.9. The Balaban J connectivity index is 1.46. The normalized spacial score (nSPS) is 14.1. The SMILES string of the molecule is CC(=O)N(CC(C)N(C)C)c1ccc(N/C(=C2\C(=O)Nc3cc(Cl)ccc32)c2ccc(OCc3ccccc3)cc2)cc1. The molecule has 1 aliphatic heterocycles. The molecule has 43 heavy (non-hydrogen) atoms. The van der Waals surface area contributed by atoms with Crippen LogP contribution < -0.4 is 20.3 Å². The molecule has 5 rings (SSSR count). The van der Waals surface area contributed by atoms with Crippen LogP contribution in [0.25, 0.3) is 11.3 Å². The van der Waals surface area contributed by atoms with Crippen LogP contribution in [0.3, 0.4) is 0 Å². The van der Waals surface area contributed by atoms with Crippen molar-refractivity contribution in [3.8, 4) is 5.75 Å². The van der Waals surface area contributed by atoms with Gasteiger partial charge >= 0.3 is 0 Å². The van der Waals surface area contributed by atoms with Crippen molar-refractivity contribution in [1.82, 2.24) is 4.90 Å². The van der Waals surface area contributed by atoms with Crippen LogP contribution in [0.5, 0.6) is 5.75 Å². The van der Waals surface area contributed by atoms with Gasteiger partial charge < -0.3 is 25.2 Å². The zero-order valence-electron chi connectivity index (χ0n) is 24.7. The van der Waals surface area contributed by atoms with Gasteiger partial charge in [-0.25, -0.2) is 0 Å². The van der Waals surface area contributed by atoms with Crippen LogP contribution in [0, 0.1) is 0 Å². The van der Waals surface area contributed by atoms with E-state index >= 15 is 0 Å². The second-order valence-corrected chi connectivity index (χ2v) is 11.2. The fourth-order valence-electron chi connectivity index (χ4n) is 4.84. The average molecular weight is 595 g/mol. The summed E-state index contributed by atoms with van der Waals surface area (Å²) in [6.07, 6.45) is 0. The molecule has 0 radical (unpaired) electrons. The molecule has 0 saturated carbocycles. The van der Waals surface area contributed by atoms with Gasteiger partial charge in [0.1, 0.15) is 12.4 Å². The van der Waals surface area contributed by atoms with E-state index in [1.54, 1.807) is 24.0 Å². The van der Waals surface area contributed by atoms with Gasteiger partial charge in [0.25, 0.3) is 5.91 Å². The van der Waals surface area contributed by atoms with Gasteiger partial charge in [0, 0.05) is 41.5 Å². The first-order valence-corrected chi connectivity index (χ1v) is 14.5. The Bertz CT molecular complexity index is 1630. The van der Waals surface area contributed by atoms with Crippen molar-refractivity contribution < 1.29 is 14.3 Å². The van der Waals surface area contributed by atoms with E-state index in [0.29, 0.717) is 35.1 Å². The Kier molecular flexibility index (Phi) is 9.14. The molecule has 0 bridgehead atoms. The molecule has 1 aliphatic rings. The third-order valence-electron chi connectivity index (χ3n) is 7.52. The van der Waals surface area contributed by atoms with Crippen molar-refractivity contribution in [3.63, 3.8) is 0 Å². The van der Waals surface area contributed by atoms with Gasteiger partial charge in [0.15, 0.2) is 0 Å². The molecule has 4 aromatic rings. The number of anilines is 3. The minimum absolute atomic E-state index is 0.0234. The lowest BCUT2D eigenvalue weighted by Crippen LogP contribution is -2.41. The van der Waals surface area contributed by atoms with Crippen molar-refractivity contribution in [2.75, 3.05) is 36.2 Å². The Morgan fingerprint density at radius 2 is 1.65 bits per heavy atom. The van der Waals surface area contributed by atoms with E-state index in [1.165, 1.54) is 0 Å².